The second kappa shape index (κ2) is 8.72. The van der Waals surface area contributed by atoms with Crippen LogP contribution in [0.1, 0.15) is 24.8 Å². The Bertz CT molecular complexity index is 712. The summed E-state index contributed by atoms with van der Waals surface area (Å²) < 4.78 is 0. The maximum Gasteiger partial charge on any atom is 0.241 e. The van der Waals surface area contributed by atoms with Gasteiger partial charge in [-0.15, -0.1) is 0 Å². The lowest BCUT2D eigenvalue weighted by Crippen LogP contribution is -2.37. The van der Waals surface area contributed by atoms with Crippen molar-refractivity contribution in [2.45, 2.75) is 31.7 Å². The molecule has 0 spiro atoms. The standard InChI is InChI=1S/C21H28N4O/c1-25-15-3-5-20(25)21(26)24-19-12-10-18(11-13-19)23-14-2-4-16-6-8-17(22)9-7-16/h6-13,20,23H,2-5,14-15,22H2,1H3,(H,24,26). The van der Waals surface area contributed by atoms with Gasteiger partial charge in [0.05, 0.1) is 6.04 Å². The zero-order chi connectivity index (χ0) is 18.4. The van der Waals surface area contributed by atoms with E-state index in [2.05, 4.69) is 27.7 Å². The Morgan fingerprint density at radius 3 is 2.46 bits per heavy atom. The van der Waals surface area contributed by atoms with Gasteiger partial charge >= 0.3 is 0 Å². The third-order valence-electron chi connectivity index (χ3n) is 4.93. The van der Waals surface area contributed by atoms with E-state index < -0.39 is 0 Å². The maximum absolute atomic E-state index is 12.3. The van der Waals surface area contributed by atoms with Crippen LogP contribution in [0.5, 0.6) is 0 Å². The highest BCUT2D eigenvalue weighted by atomic mass is 16.2. The highest BCUT2D eigenvalue weighted by Gasteiger charge is 2.27. The van der Waals surface area contributed by atoms with Gasteiger partial charge in [0.25, 0.3) is 0 Å². The summed E-state index contributed by atoms with van der Waals surface area (Å²) in [5, 5.41) is 6.44. The van der Waals surface area contributed by atoms with Crippen LogP contribution in [0.15, 0.2) is 48.5 Å². The molecule has 1 aliphatic rings. The second-order valence-corrected chi connectivity index (χ2v) is 6.98. The van der Waals surface area contributed by atoms with E-state index in [4.69, 9.17) is 5.73 Å². The smallest absolute Gasteiger partial charge is 0.241 e. The van der Waals surface area contributed by atoms with Crippen molar-refractivity contribution in [2.75, 3.05) is 36.5 Å². The number of hydrogen-bond acceptors (Lipinski definition) is 4. The monoisotopic (exact) mass is 352 g/mol. The van der Waals surface area contributed by atoms with Crippen LogP contribution >= 0.6 is 0 Å². The number of likely N-dealkylation sites (tertiary alicyclic amines) is 1. The van der Waals surface area contributed by atoms with Crippen molar-refractivity contribution in [3.05, 3.63) is 54.1 Å². The second-order valence-electron chi connectivity index (χ2n) is 6.98. The normalized spacial score (nSPS) is 17.2. The highest BCUT2D eigenvalue weighted by molar-refractivity contribution is 5.95. The SMILES string of the molecule is CN1CCCC1C(=O)Nc1ccc(NCCCc2ccc(N)cc2)cc1. The molecule has 2 aromatic rings. The van der Waals surface area contributed by atoms with Gasteiger partial charge in [0, 0.05) is 23.6 Å². The predicted octanol–water partition coefficient (Wildman–Crippen LogP) is 3.35. The van der Waals surface area contributed by atoms with Crippen LogP contribution in [0.3, 0.4) is 0 Å². The molecule has 1 saturated heterocycles. The minimum atomic E-state index is 0.00105. The summed E-state index contributed by atoms with van der Waals surface area (Å²) in [5.41, 5.74) is 9.72. The number of nitrogens with zero attached hydrogens (tertiary/aromatic N) is 1. The Hall–Kier alpha value is -2.53. The molecule has 2 aromatic carbocycles. The van der Waals surface area contributed by atoms with E-state index >= 15 is 0 Å². The number of anilines is 3. The molecule has 1 amide bonds. The number of nitrogen functional groups attached to an aromatic ring is 1. The molecule has 0 bridgehead atoms. The number of hydrogen-bond donors (Lipinski definition) is 3. The average Bonchev–Trinajstić information content (AvgIpc) is 3.08. The lowest BCUT2D eigenvalue weighted by molar-refractivity contribution is -0.119. The fourth-order valence-corrected chi connectivity index (χ4v) is 3.35. The summed E-state index contributed by atoms with van der Waals surface area (Å²) in [6, 6.07) is 16.0. The molecule has 1 atom stereocenters. The molecule has 0 saturated carbocycles. The molecule has 1 heterocycles. The summed E-state index contributed by atoms with van der Waals surface area (Å²) in [5.74, 6) is 0.0919. The quantitative estimate of drug-likeness (QED) is 0.528. The first-order valence-electron chi connectivity index (χ1n) is 9.31. The molecule has 0 aliphatic carbocycles. The largest absolute Gasteiger partial charge is 0.399 e. The topological polar surface area (TPSA) is 70.4 Å². The number of carbonyl (C=O) groups is 1. The van der Waals surface area contributed by atoms with Crippen molar-refractivity contribution >= 4 is 23.0 Å². The van der Waals surface area contributed by atoms with E-state index in [-0.39, 0.29) is 11.9 Å². The number of carbonyl (C=O) groups excluding carboxylic acids is 1. The van der Waals surface area contributed by atoms with Gasteiger partial charge in [0.1, 0.15) is 0 Å². The van der Waals surface area contributed by atoms with Crippen molar-refractivity contribution < 1.29 is 4.79 Å². The molecule has 138 valence electrons. The molecule has 3 rings (SSSR count). The fraction of sp³-hybridized carbons (Fsp3) is 0.381. The summed E-state index contributed by atoms with van der Waals surface area (Å²) in [6.45, 7) is 1.90. The summed E-state index contributed by atoms with van der Waals surface area (Å²) >= 11 is 0. The van der Waals surface area contributed by atoms with Gasteiger partial charge in [0.15, 0.2) is 0 Å². The summed E-state index contributed by atoms with van der Waals surface area (Å²) in [7, 11) is 2.01. The van der Waals surface area contributed by atoms with Gasteiger partial charge < -0.3 is 16.4 Å². The van der Waals surface area contributed by atoms with Gasteiger partial charge in [-0.3, -0.25) is 9.69 Å². The fourth-order valence-electron chi connectivity index (χ4n) is 3.35. The van der Waals surface area contributed by atoms with E-state index in [1.165, 1.54) is 5.56 Å². The van der Waals surface area contributed by atoms with Crippen LogP contribution in [0.4, 0.5) is 17.1 Å². The molecule has 4 N–H and O–H groups in total. The lowest BCUT2D eigenvalue weighted by atomic mass is 10.1. The van der Waals surface area contributed by atoms with Crippen LogP contribution in [-0.4, -0.2) is 37.0 Å². The third kappa shape index (κ3) is 4.99. The van der Waals surface area contributed by atoms with Gasteiger partial charge in [-0.1, -0.05) is 12.1 Å². The average molecular weight is 352 g/mol. The first-order chi connectivity index (χ1) is 12.6. The van der Waals surface area contributed by atoms with Gasteiger partial charge in [-0.25, -0.2) is 0 Å². The summed E-state index contributed by atoms with van der Waals surface area (Å²) in [4.78, 5) is 14.4. The van der Waals surface area contributed by atoms with Crippen LogP contribution in [0, 0.1) is 0 Å². The van der Waals surface area contributed by atoms with Crippen LogP contribution in [-0.2, 0) is 11.2 Å². The van der Waals surface area contributed by atoms with Crippen molar-refractivity contribution in [3.8, 4) is 0 Å². The number of aryl methyl sites for hydroxylation is 1. The maximum atomic E-state index is 12.3. The van der Waals surface area contributed by atoms with Crippen LogP contribution in [0.2, 0.25) is 0 Å². The first kappa shape index (κ1) is 18.3. The first-order valence-corrected chi connectivity index (χ1v) is 9.31. The zero-order valence-electron chi connectivity index (χ0n) is 15.4. The van der Waals surface area contributed by atoms with Crippen LogP contribution in [0.25, 0.3) is 0 Å². The minimum Gasteiger partial charge on any atom is -0.399 e. The molecular formula is C21H28N4O. The number of nitrogens with one attached hydrogen (secondary N) is 2. The Balaban J connectivity index is 1.41. The molecule has 26 heavy (non-hydrogen) atoms. The zero-order valence-corrected chi connectivity index (χ0v) is 15.4. The van der Waals surface area contributed by atoms with Crippen molar-refractivity contribution in [2.24, 2.45) is 0 Å². The number of nitrogens with two attached hydrogens (primary N) is 1. The number of likely N-dealkylation sites (N-methyl/N-ethyl adjacent to an activating group) is 1. The van der Waals surface area contributed by atoms with E-state index in [1.807, 2.05) is 43.4 Å². The molecular weight excluding hydrogens is 324 g/mol. The van der Waals surface area contributed by atoms with Crippen molar-refractivity contribution in [1.29, 1.82) is 0 Å². The molecule has 5 nitrogen and oxygen atoms in total. The number of amides is 1. The Morgan fingerprint density at radius 1 is 1.12 bits per heavy atom. The molecule has 0 radical (unpaired) electrons. The van der Waals surface area contributed by atoms with E-state index in [1.54, 1.807) is 0 Å². The van der Waals surface area contributed by atoms with Crippen LogP contribution < -0.4 is 16.4 Å². The van der Waals surface area contributed by atoms with Gasteiger partial charge in [0.2, 0.25) is 5.91 Å². The Labute approximate surface area is 155 Å². The van der Waals surface area contributed by atoms with Gasteiger partial charge in [-0.2, -0.15) is 0 Å². The molecule has 5 heteroatoms. The van der Waals surface area contributed by atoms with E-state index in [9.17, 15) is 4.79 Å². The number of benzene rings is 2. The minimum absolute atomic E-state index is 0.00105. The van der Waals surface area contributed by atoms with Crippen molar-refractivity contribution in [1.82, 2.24) is 4.90 Å². The number of rotatable bonds is 7. The van der Waals surface area contributed by atoms with Crippen molar-refractivity contribution in [3.63, 3.8) is 0 Å². The summed E-state index contributed by atoms with van der Waals surface area (Å²) in [6.07, 6.45) is 4.11. The van der Waals surface area contributed by atoms with E-state index in [0.29, 0.717) is 0 Å². The molecule has 1 unspecified atom stereocenters. The Kier molecular flexibility index (Phi) is 6.12. The molecule has 1 fully saturated rings. The molecule has 0 aromatic heterocycles. The highest BCUT2D eigenvalue weighted by Crippen LogP contribution is 2.18. The van der Waals surface area contributed by atoms with E-state index in [0.717, 1.165) is 55.8 Å². The predicted molar refractivity (Wildman–Crippen MR) is 108 cm³/mol. The van der Waals surface area contributed by atoms with Gasteiger partial charge in [-0.05, 0) is 81.2 Å². The Morgan fingerprint density at radius 2 is 1.81 bits per heavy atom. The molecule has 1 aliphatic heterocycles. The lowest BCUT2D eigenvalue weighted by Gasteiger charge is -2.18. The third-order valence-corrected chi connectivity index (χ3v) is 4.93.